The van der Waals surface area contributed by atoms with Crippen LogP contribution >= 0.6 is 0 Å². The predicted octanol–water partition coefficient (Wildman–Crippen LogP) is 5.16. The molecule has 0 atom stereocenters. The number of rotatable bonds is 1. The summed E-state index contributed by atoms with van der Waals surface area (Å²) in [6.45, 7) is 15.2. The number of hydrogen-bond donors (Lipinski definition) is 0. The first-order valence-corrected chi connectivity index (χ1v) is 7.53. The van der Waals surface area contributed by atoms with E-state index in [1.807, 2.05) is 0 Å². The fraction of sp³-hybridized carbons (Fsp3) is 0.474. The molecule has 21 heavy (non-hydrogen) atoms. The first-order chi connectivity index (χ1) is 9.68. The predicted molar refractivity (Wildman–Crippen MR) is 92.3 cm³/mol. The highest BCUT2D eigenvalue weighted by Crippen LogP contribution is 2.46. The molecule has 1 aliphatic heterocycles. The Balaban J connectivity index is 2.89. The summed E-state index contributed by atoms with van der Waals surface area (Å²) in [5.74, 6) is 2.05. The number of anilines is 1. The number of benzene rings is 1. The molecule has 0 saturated carbocycles. The Morgan fingerprint density at radius 2 is 1.38 bits per heavy atom. The third kappa shape index (κ3) is 2.27. The van der Waals surface area contributed by atoms with Crippen LogP contribution in [0.15, 0.2) is 16.9 Å². The van der Waals surface area contributed by atoms with Crippen LogP contribution in [0.4, 0.5) is 5.69 Å². The zero-order valence-electron chi connectivity index (χ0n) is 14.9. The van der Waals surface area contributed by atoms with Gasteiger partial charge in [-0.05, 0) is 76.3 Å². The van der Waals surface area contributed by atoms with Gasteiger partial charge >= 0.3 is 0 Å². The average molecular weight is 285 g/mol. The Labute approximate surface area is 129 Å². The normalized spacial score (nSPS) is 14.0. The summed E-state index contributed by atoms with van der Waals surface area (Å²) < 4.78 is 6.33. The van der Waals surface area contributed by atoms with E-state index in [0.717, 1.165) is 11.5 Å². The first kappa shape index (κ1) is 15.7. The minimum Gasteiger partial charge on any atom is -0.456 e. The second-order valence-electron chi connectivity index (χ2n) is 6.50. The fourth-order valence-electron chi connectivity index (χ4n) is 3.38. The van der Waals surface area contributed by atoms with E-state index in [4.69, 9.17) is 4.74 Å². The second-order valence-corrected chi connectivity index (χ2v) is 6.50. The monoisotopic (exact) mass is 285 g/mol. The lowest BCUT2D eigenvalue weighted by molar-refractivity contribution is 0.419. The van der Waals surface area contributed by atoms with Crippen molar-refractivity contribution in [2.45, 2.75) is 48.5 Å². The van der Waals surface area contributed by atoms with E-state index < -0.39 is 0 Å². The highest BCUT2D eigenvalue weighted by molar-refractivity contribution is 5.84. The zero-order chi connectivity index (χ0) is 16.1. The molecular formula is C19H27NO. The van der Waals surface area contributed by atoms with Crippen LogP contribution in [-0.4, -0.2) is 14.1 Å². The van der Waals surface area contributed by atoms with Crippen molar-refractivity contribution in [1.29, 1.82) is 0 Å². The van der Waals surface area contributed by atoms with Gasteiger partial charge in [-0.25, -0.2) is 0 Å². The van der Waals surface area contributed by atoms with Gasteiger partial charge in [-0.1, -0.05) is 0 Å². The lowest BCUT2D eigenvalue weighted by atomic mass is 9.87. The van der Waals surface area contributed by atoms with Gasteiger partial charge in [-0.2, -0.15) is 0 Å². The highest BCUT2D eigenvalue weighted by Gasteiger charge is 2.27. The maximum atomic E-state index is 6.33. The number of ether oxygens (including phenoxy) is 1. The van der Waals surface area contributed by atoms with Crippen molar-refractivity contribution in [3.05, 3.63) is 39.2 Å². The maximum absolute atomic E-state index is 6.33. The van der Waals surface area contributed by atoms with Gasteiger partial charge in [0.05, 0.1) is 0 Å². The molecular weight excluding hydrogens is 258 g/mol. The van der Waals surface area contributed by atoms with Crippen molar-refractivity contribution < 1.29 is 4.74 Å². The van der Waals surface area contributed by atoms with Gasteiger partial charge < -0.3 is 9.64 Å². The van der Waals surface area contributed by atoms with E-state index in [1.54, 1.807) is 0 Å². The van der Waals surface area contributed by atoms with Crippen LogP contribution in [0.5, 0.6) is 5.75 Å². The molecule has 0 radical (unpaired) electrons. The Bertz CT molecular complexity index is 672. The van der Waals surface area contributed by atoms with Gasteiger partial charge in [-0.15, -0.1) is 0 Å². The molecule has 0 bridgehead atoms. The smallest absolute Gasteiger partial charge is 0.140 e. The molecule has 0 aliphatic carbocycles. The lowest BCUT2D eigenvalue weighted by Crippen LogP contribution is -2.17. The molecule has 2 heteroatoms. The van der Waals surface area contributed by atoms with Crippen molar-refractivity contribution >= 4 is 11.3 Å². The number of allylic oxidation sites excluding steroid dienone is 3. The van der Waals surface area contributed by atoms with Crippen molar-refractivity contribution in [1.82, 2.24) is 0 Å². The third-order valence-electron chi connectivity index (χ3n) is 4.60. The van der Waals surface area contributed by atoms with Crippen LogP contribution in [0.25, 0.3) is 5.57 Å². The molecule has 1 aromatic rings. The van der Waals surface area contributed by atoms with Gasteiger partial charge in [0, 0.05) is 30.9 Å². The van der Waals surface area contributed by atoms with Crippen molar-refractivity contribution in [3.8, 4) is 5.75 Å². The number of fused-ring (bicyclic) bond motifs is 1. The van der Waals surface area contributed by atoms with Crippen LogP contribution in [0.3, 0.4) is 0 Å². The standard InChI is InChI=1S/C19H27NO/c1-10(2)18-14(6)12(4)16-11(3)13(5)17(20(8)9)15(7)19(16)21-18/h1-9H3. The van der Waals surface area contributed by atoms with Gasteiger partial charge in [0.1, 0.15) is 11.5 Å². The zero-order valence-corrected chi connectivity index (χ0v) is 14.9. The molecule has 0 spiro atoms. The van der Waals surface area contributed by atoms with E-state index in [2.05, 4.69) is 67.5 Å². The van der Waals surface area contributed by atoms with E-state index >= 15 is 0 Å². The molecule has 0 fully saturated rings. The second kappa shape index (κ2) is 5.25. The molecule has 2 rings (SSSR count). The molecule has 0 N–H and O–H groups in total. The molecule has 1 aliphatic rings. The van der Waals surface area contributed by atoms with Crippen LogP contribution < -0.4 is 9.64 Å². The minimum atomic E-state index is 1.02. The molecule has 2 nitrogen and oxygen atoms in total. The van der Waals surface area contributed by atoms with Crippen molar-refractivity contribution in [3.63, 3.8) is 0 Å². The Kier molecular flexibility index (Phi) is 3.92. The molecule has 0 saturated heterocycles. The number of hydrogen-bond acceptors (Lipinski definition) is 2. The van der Waals surface area contributed by atoms with Crippen LogP contribution in [0.1, 0.15) is 49.9 Å². The average Bonchev–Trinajstić information content (AvgIpc) is 2.38. The summed E-state index contributed by atoms with van der Waals surface area (Å²) in [5.41, 5.74) is 10.2. The topological polar surface area (TPSA) is 12.5 Å². The van der Waals surface area contributed by atoms with Crippen LogP contribution in [0.2, 0.25) is 0 Å². The fourth-order valence-corrected chi connectivity index (χ4v) is 3.38. The minimum absolute atomic E-state index is 1.02. The summed E-state index contributed by atoms with van der Waals surface area (Å²) in [6.07, 6.45) is 0. The summed E-state index contributed by atoms with van der Waals surface area (Å²) >= 11 is 0. The third-order valence-corrected chi connectivity index (χ3v) is 4.60. The summed E-state index contributed by atoms with van der Waals surface area (Å²) in [4.78, 5) is 2.18. The van der Waals surface area contributed by atoms with Gasteiger partial charge in [-0.3, -0.25) is 0 Å². The summed E-state index contributed by atoms with van der Waals surface area (Å²) in [7, 11) is 4.19. The molecule has 114 valence electrons. The Morgan fingerprint density at radius 3 is 1.86 bits per heavy atom. The van der Waals surface area contributed by atoms with E-state index in [1.165, 1.54) is 44.7 Å². The van der Waals surface area contributed by atoms with Crippen molar-refractivity contribution in [2.24, 2.45) is 0 Å². The number of nitrogens with zero attached hydrogens (tertiary/aromatic N) is 1. The molecule has 0 amide bonds. The first-order valence-electron chi connectivity index (χ1n) is 7.53. The van der Waals surface area contributed by atoms with E-state index in [-0.39, 0.29) is 0 Å². The molecule has 1 heterocycles. The van der Waals surface area contributed by atoms with Gasteiger partial charge in [0.2, 0.25) is 0 Å². The highest BCUT2D eigenvalue weighted by atomic mass is 16.5. The van der Waals surface area contributed by atoms with Gasteiger partial charge in [0.25, 0.3) is 0 Å². The summed E-state index contributed by atoms with van der Waals surface area (Å²) in [5, 5.41) is 0. The SMILES string of the molecule is CC(C)=C1Oc2c(C)c(N(C)C)c(C)c(C)c2C(C)=C1C. The van der Waals surface area contributed by atoms with Crippen LogP contribution in [-0.2, 0) is 0 Å². The lowest BCUT2D eigenvalue weighted by Gasteiger charge is -2.31. The summed E-state index contributed by atoms with van der Waals surface area (Å²) in [6, 6.07) is 0. The molecule has 0 aromatic heterocycles. The maximum Gasteiger partial charge on any atom is 0.140 e. The molecule has 0 unspecified atom stereocenters. The van der Waals surface area contributed by atoms with E-state index in [9.17, 15) is 0 Å². The quantitative estimate of drug-likeness (QED) is 0.707. The Hall–Kier alpha value is -1.70. The van der Waals surface area contributed by atoms with E-state index in [0.29, 0.717) is 0 Å². The van der Waals surface area contributed by atoms with Gasteiger partial charge in [0.15, 0.2) is 0 Å². The Morgan fingerprint density at radius 1 is 0.810 bits per heavy atom. The van der Waals surface area contributed by atoms with Crippen LogP contribution in [0, 0.1) is 20.8 Å². The largest absolute Gasteiger partial charge is 0.456 e. The van der Waals surface area contributed by atoms with Crippen molar-refractivity contribution in [2.75, 3.05) is 19.0 Å². The molecule has 1 aromatic carbocycles.